The number of rotatable bonds is 4. The second kappa shape index (κ2) is 12.8. The van der Waals surface area contributed by atoms with E-state index in [0.29, 0.717) is 0 Å². The van der Waals surface area contributed by atoms with Gasteiger partial charge in [0.05, 0.1) is 26.7 Å². The van der Waals surface area contributed by atoms with E-state index in [0.717, 1.165) is 51.3 Å². The Morgan fingerprint density at radius 3 is 2.04 bits per heavy atom. The fourth-order valence-corrected chi connectivity index (χ4v) is 11.0. The lowest BCUT2D eigenvalue weighted by atomic mass is 9.73. The van der Waals surface area contributed by atoms with E-state index >= 15 is 0 Å². The Bertz CT molecular complexity index is 2490. The van der Waals surface area contributed by atoms with Gasteiger partial charge in [0.25, 0.3) is 0 Å². The van der Waals surface area contributed by atoms with Crippen LogP contribution in [0.5, 0.6) is 11.5 Å². The predicted molar refractivity (Wildman–Crippen MR) is 243 cm³/mol. The summed E-state index contributed by atoms with van der Waals surface area (Å²) >= 11 is 1.95. The zero-order chi connectivity index (χ0) is 41.2. The van der Waals surface area contributed by atoms with E-state index in [1.54, 1.807) is 0 Å². The predicted octanol–water partition coefficient (Wildman–Crippen LogP) is 14.2. The highest BCUT2D eigenvalue weighted by Crippen LogP contribution is 2.62. The second-order valence-electron chi connectivity index (χ2n) is 20.9. The van der Waals surface area contributed by atoms with Crippen LogP contribution in [0.2, 0.25) is 0 Å². The highest BCUT2D eigenvalue weighted by Gasteiger charge is 2.58. The lowest BCUT2D eigenvalue weighted by Crippen LogP contribution is -2.36. The van der Waals surface area contributed by atoms with Gasteiger partial charge in [-0.3, -0.25) is 9.89 Å². The van der Waals surface area contributed by atoms with Crippen molar-refractivity contribution in [2.24, 2.45) is 4.99 Å². The van der Waals surface area contributed by atoms with E-state index in [1.807, 2.05) is 18.0 Å². The molecule has 5 aromatic rings. The van der Waals surface area contributed by atoms with Crippen molar-refractivity contribution in [2.75, 3.05) is 4.90 Å². The third kappa shape index (κ3) is 6.35. The lowest BCUT2D eigenvalue weighted by molar-refractivity contribution is 0.406. The molecule has 0 fully saturated rings. The smallest absolute Gasteiger partial charge is 0.137 e. The van der Waals surface area contributed by atoms with Gasteiger partial charge in [-0.25, -0.2) is 4.98 Å². The molecule has 296 valence electrons. The molecule has 1 aliphatic carbocycles. The standard InChI is InChI=1S/C52H61N3OS/c1-31-24-32(2)44(29-36(31)46-54-51(14)30-37-40(49(9,10)11)25-34(48(6,7)8)26-41(37)52(51,15)57-46)56-35-20-21-39-43(28-35)55(42-19-17-16-18-38(42)50(39,12)13)45-27-33(22-23-53-45)47(3,4)5/h16-29H,30H2,1-15H3/t51-,52+/m1/s1. The topological polar surface area (TPSA) is 37.7 Å². The molecule has 1 aromatic heterocycles. The van der Waals surface area contributed by atoms with Gasteiger partial charge >= 0.3 is 0 Å². The van der Waals surface area contributed by atoms with Crippen LogP contribution in [0.3, 0.4) is 0 Å². The van der Waals surface area contributed by atoms with Crippen molar-refractivity contribution in [2.45, 2.75) is 142 Å². The van der Waals surface area contributed by atoms with E-state index in [1.165, 1.54) is 44.5 Å². The van der Waals surface area contributed by atoms with E-state index < -0.39 is 0 Å². The monoisotopic (exact) mass is 775 g/mol. The van der Waals surface area contributed by atoms with Gasteiger partial charge in [-0.15, -0.1) is 0 Å². The Kier molecular flexibility index (Phi) is 8.88. The number of pyridine rings is 1. The van der Waals surface area contributed by atoms with Crippen molar-refractivity contribution in [3.8, 4) is 11.5 Å². The van der Waals surface area contributed by atoms with Gasteiger partial charge in [-0.05, 0) is 131 Å². The lowest BCUT2D eigenvalue weighted by Gasteiger charge is -2.41. The van der Waals surface area contributed by atoms with E-state index in [4.69, 9.17) is 14.7 Å². The molecular weight excluding hydrogens is 715 g/mol. The molecule has 0 unspecified atom stereocenters. The molecule has 2 atom stereocenters. The van der Waals surface area contributed by atoms with E-state index in [9.17, 15) is 0 Å². The number of ether oxygens (including phenoxy) is 1. The minimum Gasteiger partial charge on any atom is -0.457 e. The van der Waals surface area contributed by atoms with Crippen molar-refractivity contribution in [3.63, 3.8) is 0 Å². The number of aliphatic imine (C=N–C) groups is 1. The quantitative estimate of drug-likeness (QED) is 0.182. The summed E-state index contributed by atoms with van der Waals surface area (Å²) in [5, 5.41) is 1.10. The summed E-state index contributed by atoms with van der Waals surface area (Å²) in [7, 11) is 0. The van der Waals surface area contributed by atoms with E-state index in [-0.39, 0.29) is 31.9 Å². The van der Waals surface area contributed by atoms with Gasteiger partial charge in [0.2, 0.25) is 0 Å². The average Bonchev–Trinajstić information content (AvgIpc) is 3.50. The highest BCUT2D eigenvalue weighted by atomic mass is 32.2. The molecule has 0 saturated carbocycles. The van der Waals surface area contributed by atoms with Crippen LogP contribution in [0.25, 0.3) is 0 Å². The molecule has 2 aliphatic heterocycles. The number of thioether (sulfide) groups is 1. The van der Waals surface area contributed by atoms with Gasteiger partial charge in [-0.1, -0.05) is 130 Å². The summed E-state index contributed by atoms with van der Waals surface area (Å²) < 4.78 is 6.76. The summed E-state index contributed by atoms with van der Waals surface area (Å²) in [6.45, 7) is 34.6. The Hall–Kier alpha value is -4.35. The SMILES string of the molecule is Cc1cc(C)c(C2=N[C@]3(C)Cc4c(C(C)(C)C)cc(C(C)(C)C)cc4[C@]3(C)S2)cc1Oc1ccc2c(c1)N(c1cc(C(C)(C)C)ccn1)c1ccccc1C2(C)C. The molecule has 3 aliphatic rings. The third-order valence-corrected chi connectivity index (χ3v) is 14.7. The molecule has 5 heteroatoms. The van der Waals surface area contributed by atoms with Gasteiger partial charge in [0.15, 0.2) is 0 Å². The number of nitrogens with zero attached hydrogens (tertiary/aromatic N) is 3. The number of anilines is 3. The first-order valence-electron chi connectivity index (χ1n) is 20.7. The van der Waals surface area contributed by atoms with Crippen LogP contribution >= 0.6 is 11.8 Å². The first-order valence-corrected chi connectivity index (χ1v) is 21.5. The summed E-state index contributed by atoms with van der Waals surface area (Å²) in [6.07, 6.45) is 2.89. The van der Waals surface area contributed by atoms with Crippen molar-refractivity contribution in [3.05, 3.63) is 141 Å². The molecule has 0 spiro atoms. The summed E-state index contributed by atoms with van der Waals surface area (Å²) in [5.74, 6) is 2.56. The second-order valence-corrected chi connectivity index (χ2v) is 22.3. The zero-order valence-corrected chi connectivity index (χ0v) is 37.8. The molecule has 57 heavy (non-hydrogen) atoms. The maximum Gasteiger partial charge on any atom is 0.137 e. The molecule has 0 N–H and O–H groups in total. The largest absolute Gasteiger partial charge is 0.457 e. The number of aromatic nitrogens is 1. The van der Waals surface area contributed by atoms with Crippen LogP contribution in [-0.2, 0) is 32.8 Å². The van der Waals surface area contributed by atoms with Gasteiger partial charge in [-0.2, -0.15) is 0 Å². The van der Waals surface area contributed by atoms with Gasteiger partial charge < -0.3 is 4.74 Å². The number of benzene rings is 4. The first kappa shape index (κ1) is 39.5. The summed E-state index contributed by atoms with van der Waals surface area (Å²) in [4.78, 5) is 13.0. The minimum absolute atomic E-state index is 0.00968. The van der Waals surface area contributed by atoms with Crippen molar-refractivity contribution >= 4 is 34.0 Å². The van der Waals surface area contributed by atoms with Crippen molar-refractivity contribution in [1.82, 2.24) is 4.98 Å². The number of hydrogen-bond acceptors (Lipinski definition) is 5. The third-order valence-electron chi connectivity index (χ3n) is 13.2. The molecular formula is C52H61N3OS. The van der Waals surface area contributed by atoms with Crippen LogP contribution in [0.4, 0.5) is 17.2 Å². The number of hydrogen-bond donors (Lipinski definition) is 0. The Balaban J connectivity index is 1.19. The van der Waals surface area contributed by atoms with Crippen molar-refractivity contribution < 1.29 is 4.74 Å². The number of para-hydroxylation sites is 1. The van der Waals surface area contributed by atoms with Gasteiger partial charge in [0, 0.05) is 23.2 Å². The fraction of sp³-hybridized carbons (Fsp3) is 0.423. The maximum atomic E-state index is 6.94. The van der Waals surface area contributed by atoms with Crippen LogP contribution in [0.15, 0.2) is 90.1 Å². The highest BCUT2D eigenvalue weighted by molar-refractivity contribution is 8.15. The van der Waals surface area contributed by atoms with Crippen LogP contribution in [-0.4, -0.2) is 15.6 Å². The Labute approximate surface area is 346 Å². The van der Waals surface area contributed by atoms with Gasteiger partial charge in [0.1, 0.15) is 17.3 Å². The molecule has 8 rings (SSSR count). The molecule has 4 nitrogen and oxygen atoms in total. The molecule has 3 heterocycles. The first-order chi connectivity index (χ1) is 26.4. The Morgan fingerprint density at radius 2 is 1.35 bits per heavy atom. The molecule has 0 bridgehead atoms. The Morgan fingerprint density at radius 1 is 0.667 bits per heavy atom. The number of aryl methyl sites for hydroxylation is 2. The van der Waals surface area contributed by atoms with Crippen LogP contribution < -0.4 is 9.64 Å². The van der Waals surface area contributed by atoms with E-state index in [2.05, 4.69) is 188 Å². The van der Waals surface area contributed by atoms with Crippen LogP contribution in [0, 0.1) is 13.8 Å². The summed E-state index contributed by atoms with van der Waals surface area (Å²) in [6, 6.07) is 29.2. The zero-order valence-electron chi connectivity index (χ0n) is 36.9. The minimum atomic E-state index is -0.256. The molecule has 0 radical (unpaired) electrons. The molecule has 0 saturated heterocycles. The van der Waals surface area contributed by atoms with Crippen LogP contribution in [0.1, 0.15) is 146 Å². The maximum absolute atomic E-state index is 6.94. The number of fused-ring (bicyclic) bond motifs is 5. The fourth-order valence-electron chi connectivity index (χ4n) is 9.37. The summed E-state index contributed by atoms with van der Waals surface area (Å²) in [5.41, 5.74) is 14.9. The van der Waals surface area contributed by atoms with Crippen molar-refractivity contribution in [1.29, 1.82) is 0 Å². The normalized spacial score (nSPS) is 21.1. The molecule has 4 aromatic carbocycles. The average molecular weight is 776 g/mol. The molecule has 0 amide bonds.